The fourth-order valence-electron chi connectivity index (χ4n) is 2.46. The van der Waals surface area contributed by atoms with Crippen molar-refractivity contribution in [2.24, 2.45) is 0 Å². The number of carbonyl (C=O) groups excluding carboxylic acids is 1. The van der Waals surface area contributed by atoms with Crippen molar-refractivity contribution in [1.29, 1.82) is 0 Å². The monoisotopic (exact) mass is 323 g/mol. The normalized spacial score (nSPS) is 11.7. The van der Waals surface area contributed by atoms with Gasteiger partial charge in [-0.2, -0.15) is 5.21 Å². The number of hydrogen-bond acceptors (Lipinski definition) is 5. The Labute approximate surface area is 139 Å². The van der Waals surface area contributed by atoms with Crippen LogP contribution in [0.3, 0.4) is 0 Å². The van der Waals surface area contributed by atoms with E-state index in [1.165, 1.54) is 0 Å². The SMILES string of the molecule is COc1ccccc1C[C@@H](C(=O)Nc1ccccc1)c1nn[nH]n1. The number of carbonyl (C=O) groups is 1. The van der Waals surface area contributed by atoms with E-state index in [9.17, 15) is 4.79 Å². The lowest BCUT2D eigenvalue weighted by atomic mass is 9.97. The minimum Gasteiger partial charge on any atom is -0.496 e. The van der Waals surface area contributed by atoms with E-state index >= 15 is 0 Å². The van der Waals surface area contributed by atoms with Gasteiger partial charge in [-0.3, -0.25) is 4.79 Å². The molecule has 7 heteroatoms. The highest BCUT2D eigenvalue weighted by Gasteiger charge is 2.26. The van der Waals surface area contributed by atoms with E-state index in [1.807, 2.05) is 54.6 Å². The number of para-hydroxylation sites is 2. The van der Waals surface area contributed by atoms with E-state index in [1.54, 1.807) is 7.11 Å². The Hall–Kier alpha value is -3.22. The van der Waals surface area contributed by atoms with Gasteiger partial charge in [0.1, 0.15) is 11.7 Å². The number of aromatic nitrogens is 4. The summed E-state index contributed by atoms with van der Waals surface area (Å²) < 4.78 is 5.37. The maximum atomic E-state index is 12.7. The van der Waals surface area contributed by atoms with Crippen LogP contribution in [0, 0.1) is 0 Å². The third-order valence-corrected chi connectivity index (χ3v) is 3.65. The Morgan fingerprint density at radius 2 is 1.92 bits per heavy atom. The molecule has 1 heterocycles. The summed E-state index contributed by atoms with van der Waals surface area (Å²) >= 11 is 0. The van der Waals surface area contributed by atoms with Crippen molar-refractivity contribution in [1.82, 2.24) is 20.6 Å². The lowest BCUT2D eigenvalue weighted by Crippen LogP contribution is -2.24. The zero-order valence-electron chi connectivity index (χ0n) is 13.1. The zero-order chi connectivity index (χ0) is 16.8. The number of nitrogens with one attached hydrogen (secondary N) is 2. The largest absolute Gasteiger partial charge is 0.496 e. The molecule has 1 atom stereocenters. The number of rotatable bonds is 6. The standard InChI is InChI=1S/C17H17N5O2/c1-24-15-10-6-5-7-12(15)11-14(16-19-21-22-20-16)17(23)18-13-8-3-2-4-9-13/h2-10,14H,11H2,1H3,(H,18,23)(H,19,20,21,22)/t14-/m1/s1. The zero-order valence-corrected chi connectivity index (χ0v) is 13.1. The van der Waals surface area contributed by atoms with Crippen LogP contribution in [-0.2, 0) is 11.2 Å². The van der Waals surface area contributed by atoms with Gasteiger partial charge in [-0.05, 0) is 30.2 Å². The summed E-state index contributed by atoms with van der Waals surface area (Å²) in [5.74, 6) is 0.279. The van der Waals surface area contributed by atoms with Crippen LogP contribution in [-0.4, -0.2) is 33.6 Å². The van der Waals surface area contributed by atoms with Gasteiger partial charge in [0.05, 0.1) is 7.11 Å². The Morgan fingerprint density at radius 1 is 1.17 bits per heavy atom. The molecule has 24 heavy (non-hydrogen) atoms. The van der Waals surface area contributed by atoms with Crippen LogP contribution in [0.5, 0.6) is 5.75 Å². The van der Waals surface area contributed by atoms with Gasteiger partial charge in [-0.15, -0.1) is 10.2 Å². The van der Waals surface area contributed by atoms with Crippen molar-refractivity contribution in [3.63, 3.8) is 0 Å². The number of aromatic amines is 1. The van der Waals surface area contributed by atoms with Crippen LogP contribution in [0.2, 0.25) is 0 Å². The van der Waals surface area contributed by atoms with E-state index in [0.717, 1.165) is 17.0 Å². The van der Waals surface area contributed by atoms with Crippen molar-refractivity contribution in [3.8, 4) is 5.75 Å². The molecule has 2 aromatic carbocycles. The van der Waals surface area contributed by atoms with E-state index in [4.69, 9.17) is 4.74 Å². The molecule has 0 aliphatic rings. The quantitative estimate of drug-likeness (QED) is 0.725. The van der Waals surface area contributed by atoms with Crippen molar-refractivity contribution in [2.75, 3.05) is 12.4 Å². The highest BCUT2D eigenvalue weighted by atomic mass is 16.5. The van der Waals surface area contributed by atoms with Gasteiger partial charge in [-0.25, -0.2) is 0 Å². The second-order valence-electron chi connectivity index (χ2n) is 5.19. The molecule has 7 nitrogen and oxygen atoms in total. The van der Waals surface area contributed by atoms with E-state index in [2.05, 4.69) is 25.9 Å². The Morgan fingerprint density at radius 3 is 2.62 bits per heavy atom. The first-order valence-electron chi connectivity index (χ1n) is 7.49. The Bertz CT molecular complexity index is 790. The number of amides is 1. The van der Waals surface area contributed by atoms with Gasteiger partial charge in [0.15, 0.2) is 5.82 Å². The number of hydrogen-bond donors (Lipinski definition) is 2. The van der Waals surface area contributed by atoms with E-state index in [0.29, 0.717) is 12.2 Å². The molecule has 0 spiro atoms. The molecular weight excluding hydrogens is 306 g/mol. The minimum absolute atomic E-state index is 0.200. The van der Waals surface area contributed by atoms with Crippen LogP contribution in [0.15, 0.2) is 54.6 Å². The number of H-pyrrole nitrogens is 1. The predicted octanol–water partition coefficient (Wildman–Crippen LogP) is 2.17. The van der Waals surface area contributed by atoms with Crippen LogP contribution in [0.25, 0.3) is 0 Å². The molecule has 1 amide bonds. The lowest BCUT2D eigenvalue weighted by molar-refractivity contribution is -0.117. The maximum Gasteiger partial charge on any atom is 0.235 e. The van der Waals surface area contributed by atoms with Crippen LogP contribution >= 0.6 is 0 Å². The maximum absolute atomic E-state index is 12.7. The number of nitrogens with zero attached hydrogens (tertiary/aromatic N) is 3. The third kappa shape index (κ3) is 3.57. The highest BCUT2D eigenvalue weighted by molar-refractivity contribution is 5.95. The molecule has 122 valence electrons. The average Bonchev–Trinajstić information content (AvgIpc) is 3.15. The topological polar surface area (TPSA) is 92.8 Å². The highest BCUT2D eigenvalue weighted by Crippen LogP contribution is 2.25. The minimum atomic E-state index is -0.583. The molecule has 0 saturated heterocycles. The Kier molecular flexibility index (Phi) is 4.81. The second kappa shape index (κ2) is 7.36. The van der Waals surface area contributed by atoms with Gasteiger partial charge < -0.3 is 10.1 Å². The number of tetrazole rings is 1. The first-order valence-corrected chi connectivity index (χ1v) is 7.49. The van der Waals surface area contributed by atoms with Crippen molar-refractivity contribution >= 4 is 11.6 Å². The van der Waals surface area contributed by atoms with Crippen molar-refractivity contribution < 1.29 is 9.53 Å². The Balaban J connectivity index is 1.85. The fourth-order valence-corrected chi connectivity index (χ4v) is 2.46. The predicted molar refractivity (Wildman–Crippen MR) is 88.7 cm³/mol. The molecule has 3 aromatic rings. The molecule has 0 fully saturated rings. The summed E-state index contributed by atoms with van der Waals surface area (Å²) in [5, 5.41) is 16.8. The number of methoxy groups -OCH3 is 1. The van der Waals surface area contributed by atoms with Gasteiger partial charge in [-0.1, -0.05) is 41.6 Å². The van der Waals surface area contributed by atoms with Crippen LogP contribution in [0.4, 0.5) is 5.69 Å². The van der Waals surface area contributed by atoms with Crippen LogP contribution < -0.4 is 10.1 Å². The molecule has 0 aliphatic heterocycles. The summed E-state index contributed by atoms with van der Waals surface area (Å²) in [4.78, 5) is 12.7. The average molecular weight is 323 g/mol. The van der Waals surface area contributed by atoms with Gasteiger partial charge in [0.25, 0.3) is 0 Å². The molecule has 0 aliphatic carbocycles. The van der Waals surface area contributed by atoms with Gasteiger partial charge in [0.2, 0.25) is 5.91 Å². The molecule has 0 saturated carbocycles. The van der Waals surface area contributed by atoms with E-state index in [-0.39, 0.29) is 5.91 Å². The van der Waals surface area contributed by atoms with Crippen molar-refractivity contribution in [2.45, 2.75) is 12.3 Å². The third-order valence-electron chi connectivity index (χ3n) is 3.65. The smallest absolute Gasteiger partial charge is 0.235 e. The van der Waals surface area contributed by atoms with E-state index < -0.39 is 5.92 Å². The molecule has 0 radical (unpaired) electrons. The molecule has 2 N–H and O–H groups in total. The van der Waals surface area contributed by atoms with Crippen LogP contribution in [0.1, 0.15) is 17.3 Å². The fraction of sp³-hybridized carbons (Fsp3) is 0.176. The second-order valence-corrected chi connectivity index (χ2v) is 5.19. The molecular formula is C17H17N5O2. The van der Waals surface area contributed by atoms with Crippen molar-refractivity contribution in [3.05, 3.63) is 66.0 Å². The summed E-state index contributed by atoms with van der Waals surface area (Å²) in [6.07, 6.45) is 0.405. The van der Waals surface area contributed by atoms with Gasteiger partial charge in [0, 0.05) is 5.69 Å². The first kappa shape index (κ1) is 15.7. The summed E-state index contributed by atoms with van der Waals surface area (Å²) in [7, 11) is 1.60. The lowest BCUT2D eigenvalue weighted by Gasteiger charge is -2.15. The summed E-state index contributed by atoms with van der Waals surface area (Å²) in [6.45, 7) is 0. The molecule has 0 unspecified atom stereocenters. The summed E-state index contributed by atoms with van der Waals surface area (Å²) in [5.41, 5.74) is 1.62. The molecule has 1 aromatic heterocycles. The molecule has 0 bridgehead atoms. The first-order chi connectivity index (χ1) is 11.8. The number of benzene rings is 2. The number of ether oxygens (including phenoxy) is 1. The summed E-state index contributed by atoms with van der Waals surface area (Å²) in [6, 6.07) is 16.8. The van der Waals surface area contributed by atoms with Gasteiger partial charge >= 0.3 is 0 Å². The number of anilines is 1. The molecule has 3 rings (SSSR count).